The van der Waals surface area contributed by atoms with Crippen LogP contribution in [0.1, 0.15) is 31.2 Å². The number of hydrogen-bond acceptors (Lipinski definition) is 2. The van der Waals surface area contributed by atoms with Crippen molar-refractivity contribution < 1.29 is 9.90 Å². The molecular weight excluding hydrogens is 300 g/mol. The number of benzene rings is 1. The summed E-state index contributed by atoms with van der Waals surface area (Å²) in [4.78, 5) is 13.8. The van der Waals surface area contributed by atoms with Gasteiger partial charge >= 0.3 is 6.03 Å². The van der Waals surface area contributed by atoms with E-state index in [9.17, 15) is 9.90 Å². The summed E-state index contributed by atoms with van der Waals surface area (Å²) in [5.41, 5.74) is 1.04. The van der Waals surface area contributed by atoms with E-state index in [1.807, 2.05) is 24.3 Å². The molecule has 2 amide bonds. The Labute approximate surface area is 137 Å². The molecule has 2 rings (SSSR count). The lowest BCUT2D eigenvalue weighted by atomic mass is 9.86. The summed E-state index contributed by atoms with van der Waals surface area (Å²) < 4.78 is 0. The van der Waals surface area contributed by atoms with Gasteiger partial charge in [-0.05, 0) is 30.9 Å². The summed E-state index contributed by atoms with van der Waals surface area (Å²) in [6.07, 6.45) is 4.53. The molecule has 0 radical (unpaired) electrons. The van der Waals surface area contributed by atoms with Crippen molar-refractivity contribution in [2.24, 2.45) is 5.92 Å². The summed E-state index contributed by atoms with van der Waals surface area (Å²) in [5, 5.41) is 13.6. The minimum Gasteiger partial charge on any atom is -0.393 e. The summed E-state index contributed by atoms with van der Waals surface area (Å²) in [5.74, 6) is 0.202. The van der Waals surface area contributed by atoms with Gasteiger partial charge in [-0.1, -0.05) is 42.6 Å². The summed E-state index contributed by atoms with van der Waals surface area (Å²) >= 11 is 6.10. The molecule has 0 spiro atoms. The Hall–Kier alpha value is -1.26. The molecule has 1 aromatic carbocycles. The maximum Gasteiger partial charge on any atom is 0.317 e. The van der Waals surface area contributed by atoms with Gasteiger partial charge in [-0.3, -0.25) is 0 Å². The Kier molecular flexibility index (Phi) is 6.52. The van der Waals surface area contributed by atoms with Crippen LogP contribution in [0.3, 0.4) is 0 Å². The second kappa shape index (κ2) is 8.39. The molecule has 2 atom stereocenters. The van der Waals surface area contributed by atoms with E-state index < -0.39 is 0 Å². The number of halogens is 1. The lowest BCUT2D eigenvalue weighted by molar-refractivity contribution is 0.0565. The van der Waals surface area contributed by atoms with Crippen LogP contribution in [0, 0.1) is 5.92 Å². The molecular formula is C17H25ClN2O2. The second-order valence-electron chi connectivity index (χ2n) is 6.07. The molecule has 4 nitrogen and oxygen atoms in total. The number of amides is 2. The molecule has 122 valence electrons. The van der Waals surface area contributed by atoms with Crippen LogP contribution in [0.5, 0.6) is 0 Å². The highest BCUT2D eigenvalue weighted by molar-refractivity contribution is 6.31. The van der Waals surface area contributed by atoms with E-state index in [0.717, 1.165) is 36.3 Å². The van der Waals surface area contributed by atoms with Gasteiger partial charge < -0.3 is 15.3 Å². The smallest absolute Gasteiger partial charge is 0.317 e. The van der Waals surface area contributed by atoms with Crippen LogP contribution in [0.4, 0.5) is 4.79 Å². The number of aliphatic hydroxyl groups excluding tert-OH is 1. The van der Waals surface area contributed by atoms with Crippen LogP contribution < -0.4 is 5.32 Å². The van der Waals surface area contributed by atoms with Crippen molar-refractivity contribution in [3.8, 4) is 0 Å². The third kappa shape index (κ3) is 4.89. The van der Waals surface area contributed by atoms with E-state index >= 15 is 0 Å². The minimum absolute atomic E-state index is 0.0928. The quantitative estimate of drug-likeness (QED) is 0.874. The molecule has 1 aromatic rings. The van der Waals surface area contributed by atoms with Gasteiger partial charge in [-0.25, -0.2) is 4.79 Å². The lowest BCUT2D eigenvalue weighted by Crippen LogP contribution is -2.43. The topological polar surface area (TPSA) is 52.6 Å². The third-order valence-electron chi connectivity index (χ3n) is 4.35. The van der Waals surface area contributed by atoms with Gasteiger partial charge in [0, 0.05) is 31.1 Å². The van der Waals surface area contributed by atoms with Crippen LogP contribution in [0.15, 0.2) is 24.3 Å². The predicted octanol–water partition coefficient (Wildman–Crippen LogP) is 3.08. The Morgan fingerprint density at radius 3 is 2.82 bits per heavy atom. The minimum atomic E-state index is -0.271. The molecule has 0 aromatic heterocycles. The Balaban J connectivity index is 1.73. The zero-order chi connectivity index (χ0) is 15.9. The second-order valence-corrected chi connectivity index (χ2v) is 6.47. The Morgan fingerprint density at radius 1 is 1.36 bits per heavy atom. The van der Waals surface area contributed by atoms with Gasteiger partial charge in [0.15, 0.2) is 0 Å². The van der Waals surface area contributed by atoms with Crippen LogP contribution >= 0.6 is 11.6 Å². The van der Waals surface area contributed by atoms with Gasteiger partial charge in [0.2, 0.25) is 0 Å². The molecule has 2 N–H and O–H groups in total. The fourth-order valence-electron chi connectivity index (χ4n) is 2.98. The normalized spacial score (nSPS) is 21.4. The van der Waals surface area contributed by atoms with Crippen LogP contribution in [0.2, 0.25) is 5.02 Å². The van der Waals surface area contributed by atoms with Crippen molar-refractivity contribution in [3.63, 3.8) is 0 Å². The van der Waals surface area contributed by atoms with Crippen molar-refractivity contribution in [2.75, 3.05) is 20.1 Å². The van der Waals surface area contributed by atoms with Crippen molar-refractivity contribution in [2.45, 2.75) is 38.2 Å². The Bertz CT molecular complexity index is 495. The summed E-state index contributed by atoms with van der Waals surface area (Å²) in [6, 6.07) is 7.57. The standard InChI is InChI=1S/C17H25ClN2O2/c1-20(12-14-7-3-5-9-16(14)21)17(22)19-11-10-13-6-2-4-8-15(13)18/h2,4,6,8,14,16,21H,3,5,7,9-12H2,1H3,(H,19,22). The molecule has 0 aliphatic heterocycles. The fourth-order valence-corrected chi connectivity index (χ4v) is 3.21. The first-order valence-electron chi connectivity index (χ1n) is 7.98. The SMILES string of the molecule is CN(CC1CCCCC1O)C(=O)NCCc1ccccc1Cl. The number of carbonyl (C=O) groups is 1. The van der Waals surface area contributed by atoms with E-state index in [-0.39, 0.29) is 18.1 Å². The number of rotatable bonds is 5. The van der Waals surface area contributed by atoms with Crippen molar-refractivity contribution in [3.05, 3.63) is 34.9 Å². The average Bonchev–Trinajstić information content (AvgIpc) is 2.51. The monoisotopic (exact) mass is 324 g/mol. The largest absolute Gasteiger partial charge is 0.393 e. The molecule has 1 aliphatic rings. The average molecular weight is 325 g/mol. The van der Waals surface area contributed by atoms with Gasteiger partial charge in [0.05, 0.1) is 6.10 Å². The van der Waals surface area contributed by atoms with Crippen molar-refractivity contribution in [1.82, 2.24) is 10.2 Å². The molecule has 0 bridgehead atoms. The third-order valence-corrected chi connectivity index (χ3v) is 4.72. The van der Waals surface area contributed by atoms with Crippen LogP contribution in [-0.4, -0.2) is 42.3 Å². The highest BCUT2D eigenvalue weighted by atomic mass is 35.5. The zero-order valence-corrected chi connectivity index (χ0v) is 13.9. The zero-order valence-electron chi connectivity index (χ0n) is 13.1. The summed E-state index contributed by atoms with van der Waals surface area (Å²) in [7, 11) is 1.78. The fraction of sp³-hybridized carbons (Fsp3) is 0.588. The molecule has 1 aliphatic carbocycles. The maximum absolute atomic E-state index is 12.1. The number of aliphatic hydroxyl groups is 1. The first kappa shape index (κ1) is 17.1. The highest BCUT2D eigenvalue weighted by Gasteiger charge is 2.25. The van der Waals surface area contributed by atoms with E-state index in [1.54, 1.807) is 11.9 Å². The molecule has 5 heteroatoms. The molecule has 0 heterocycles. The lowest BCUT2D eigenvalue weighted by Gasteiger charge is -2.31. The summed E-state index contributed by atoms with van der Waals surface area (Å²) in [6.45, 7) is 1.17. The van der Waals surface area contributed by atoms with Gasteiger partial charge in [0.1, 0.15) is 0 Å². The first-order chi connectivity index (χ1) is 10.6. The maximum atomic E-state index is 12.1. The highest BCUT2D eigenvalue weighted by Crippen LogP contribution is 2.24. The molecule has 0 saturated heterocycles. The Morgan fingerprint density at radius 2 is 2.09 bits per heavy atom. The van der Waals surface area contributed by atoms with Crippen LogP contribution in [0.25, 0.3) is 0 Å². The number of nitrogens with one attached hydrogen (secondary N) is 1. The van der Waals surface area contributed by atoms with E-state index in [0.29, 0.717) is 19.5 Å². The van der Waals surface area contributed by atoms with Gasteiger partial charge in [0.25, 0.3) is 0 Å². The van der Waals surface area contributed by atoms with Gasteiger partial charge in [-0.2, -0.15) is 0 Å². The van der Waals surface area contributed by atoms with E-state index in [2.05, 4.69) is 5.32 Å². The molecule has 2 unspecified atom stereocenters. The van der Waals surface area contributed by atoms with Crippen molar-refractivity contribution in [1.29, 1.82) is 0 Å². The molecule has 1 saturated carbocycles. The first-order valence-corrected chi connectivity index (χ1v) is 8.36. The number of urea groups is 1. The number of hydrogen-bond donors (Lipinski definition) is 2. The predicted molar refractivity (Wildman–Crippen MR) is 89.1 cm³/mol. The van der Waals surface area contributed by atoms with Crippen LogP contribution in [-0.2, 0) is 6.42 Å². The van der Waals surface area contributed by atoms with Crippen molar-refractivity contribution >= 4 is 17.6 Å². The van der Waals surface area contributed by atoms with E-state index in [4.69, 9.17) is 11.6 Å². The molecule has 1 fully saturated rings. The number of carbonyl (C=O) groups excluding carboxylic acids is 1. The van der Waals surface area contributed by atoms with Gasteiger partial charge in [-0.15, -0.1) is 0 Å². The van der Waals surface area contributed by atoms with E-state index in [1.165, 1.54) is 0 Å². The molecule has 22 heavy (non-hydrogen) atoms. The number of nitrogens with zero attached hydrogens (tertiary/aromatic N) is 1.